The van der Waals surface area contributed by atoms with E-state index in [1.54, 1.807) is 24.3 Å². The SMILES string of the molecule is Nc1ccc(C(=O)Nc2ccc(C(=O)O)cc2N)cc1. The van der Waals surface area contributed by atoms with Gasteiger partial charge in [0, 0.05) is 11.3 Å². The summed E-state index contributed by atoms with van der Waals surface area (Å²) >= 11 is 0. The van der Waals surface area contributed by atoms with Gasteiger partial charge in [-0.3, -0.25) is 4.79 Å². The monoisotopic (exact) mass is 271 g/mol. The summed E-state index contributed by atoms with van der Waals surface area (Å²) in [6, 6.07) is 10.5. The van der Waals surface area contributed by atoms with Crippen LogP contribution in [0.3, 0.4) is 0 Å². The highest BCUT2D eigenvalue weighted by molar-refractivity contribution is 6.06. The van der Waals surface area contributed by atoms with Gasteiger partial charge in [0.15, 0.2) is 0 Å². The van der Waals surface area contributed by atoms with Gasteiger partial charge in [0.1, 0.15) is 0 Å². The number of nitrogen functional groups attached to an aromatic ring is 2. The number of benzene rings is 2. The number of carbonyl (C=O) groups is 2. The lowest BCUT2D eigenvalue weighted by atomic mass is 10.1. The highest BCUT2D eigenvalue weighted by Gasteiger charge is 2.10. The molecule has 6 N–H and O–H groups in total. The maximum Gasteiger partial charge on any atom is 0.335 e. The predicted molar refractivity (Wildman–Crippen MR) is 76.6 cm³/mol. The van der Waals surface area contributed by atoms with Crippen LogP contribution in [0.25, 0.3) is 0 Å². The molecule has 0 aliphatic rings. The Morgan fingerprint density at radius 3 is 2.10 bits per heavy atom. The number of carboxylic acids is 1. The van der Waals surface area contributed by atoms with Crippen LogP contribution < -0.4 is 16.8 Å². The van der Waals surface area contributed by atoms with Gasteiger partial charge in [-0.2, -0.15) is 0 Å². The molecule has 102 valence electrons. The molecule has 0 bridgehead atoms. The van der Waals surface area contributed by atoms with Crippen LogP contribution in [0, 0.1) is 0 Å². The maximum absolute atomic E-state index is 12.0. The van der Waals surface area contributed by atoms with Gasteiger partial charge in [-0.15, -0.1) is 0 Å². The standard InChI is InChI=1S/C14H13N3O3/c15-10-4-1-8(2-5-10)13(18)17-12-6-3-9(14(19)20)7-11(12)16/h1-7H,15-16H2,(H,17,18)(H,19,20). The second-order valence-corrected chi connectivity index (χ2v) is 4.18. The Labute approximate surface area is 115 Å². The Kier molecular flexibility index (Phi) is 3.56. The summed E-state index contributed by atoms with van der Waals surface area (Å²) in [5.74, 6) is -1.42. The van der Waals surface area contributed by atoms with Crippen molar-refractivity contribution in [2.45, 2.75) is 0 Å². The molecule has 20 heavy (non-hydrogen) atoms. The van der Waals surface area contributed by atoms with E-state index in [9.17, 15) is 9.59 Å². The molecule has 6 heteroatoms. The summed E-state index contributed by atoms with van der Waals surface area (Å²) in [7, 11) is 0. The van der Waals surface area contributed by atoms with Crippen molar-refractivity contribution in [1.82, 2.24) is 0 Å². The molecular formula is C14H13N3O3. The first-order valence-corrected chi connectivity index (χ1v) is 5.77. The molecule has 0 atom stereocenters. The summed E-state index contributed by atoms with van der Waals surface area (Å²) in [4.78, 5) is 22.8. The Balaban J connectivity index is 2.19. The smallest absolute Gasteiger partial charge is 0.335 e. The minimum Gasteiger partial charge on any atom is -0.478 e. The number of hydrogen-bond acceptors (Lipinski definition) is 4. The van der Waals surface area contributed by atoms with Crippen LogP contribution in [-0.4, -0.2) is 17.0 Å². The van der Waals surface area contributed by atoms with E-state index in [0.717, 1.165) is 0 Å². The first-order valence-electron chi connectivity index (χ1n) is 5.77. The highest BCUT2D eigenvalue weighted by atomic mass is 16.4. The van der Waals surface area contributed by atoms with Crippen molar-refractivity contribution in [3.8, 4) is 0 Å². The van der Waals surface area contributed by atoms with Crippen LogP contribution in [-0.2, 0) is 0 Å². The summed E-state index contributed by atoms with van der Waals surface area (Å²) in [5, 5.41) is 11.4. The van der Waals surface area contributed by atoms with Crippen LogP contribution in [0.4, 0.5) is 17.1 Å². The lowest BCUT2D eigenvalue weighted by molar-refractivity contribution is 0.0697. The molecule has 6 nitrogen and oxygen atoms in total. The van der Waals surface area contributed by atoms with Gasteiger partial charge in [0.25, 0.3) is 5.91 Å². The fourth-order valence-corrected chi connectivity index (χ4v) is 1.64. The molecule has 0 radical (unpaired) electrons. The van der Waals surface area contributed by atoms with E-state index >= 15 is 0 Å². The lowest BCUT2D eigenvalue weighted by Crippen LogP contribution is -2.13. The summed E-state index contributed by atoms with van der Waals surface area (Å²) in [6.45, 7) is 0. The predicted octanol–water partition coefficient (Wildman–Crippen LogP) is 1.80. The quantitative estimate of drug-likeness (QED) is 0.635. The first-order chi connectivity index (χ1) is 9.47. The number of carboxylic acid groups (broad SMARTS) is 1. The van der Waals surface area contributed by atoms with Gasteiger partial charge in [-0.05, 0) is 42.5 Å². The number of carbonyl (C=O) groups excluding carboxylic acids is 1. The number of nitrogens with two attached hydrogens (primary N) is 2. The van der Waals surface area contributed by atoms with Crippen LogP contribution in [0.5, 0.6) is 0 Å². The van der Waals surface area contributed by atoms with Crippen LogP contribution in [0.1, 0.15) is 20.7 Å². The van der Waals surface area contributed by atoms with E-state index in [-0.39, 0.29) is 17.2 Å². The molecule has 2 rings (SSSR count). The number of rotatable bonds is 3. The molecule has 0 aliphatic carbocycles. The van der Waals surface area contributed by atoms with Crippen molar-refractivity contribution in [3.05, 3.63) is 53.6 Å². The van der Waals surface area contributed by atoms with Crippen LogP contribution in [0.2, 0.25) is 0 Å². The number of hydrogen-bond donors (Lipinski definition) is 4. The van der Waals surface area contributed by atoms with Gasteiger partial charge in [0.2, 0.25) is 0 Å². The summed E-state index contributed by atoms with van der Waals surface area (Å²) < 4.78 is 0. The third-order valence-corrected chi connectivity index (χ3v) is 2.72. The van der Waals surface area contributed by atoms with E-state index in [1.807, 2.05) is 0 Å². The molecule has 2 aromatic rings. The zero-order chi connectivity index (χ0) is 14.7. The molecular weight excluding hydrogens is 258 g/mol. The minimum atomic E-state index is -1.08. The Morgan fingerprint density at radius 1 is 0.950 bits per heavy atom. The van der Waals surface area contributed by atoms with Gasteiger partial charge >= 0.3 is 5.97 Å². The zero-order valence-corrected chi connectivity index (χ0v) is 10.5. The zero-order valence-electron chi connectivity index (χ0n) is 10.5. The second-order valence-electron chi connectivity index (χ2n) is 4.18. The van der Waals surface area contributed by atoms with Crippen molar-refractivity contribution >= 4 is 28.9 Å². The molecule has 0 aliphatic heterocycles. The highest BCUT2D eigenvalue weighted by Crippen LogP contribution is 2.21. The van der Waals surface area contributed by atoms with Gasteiger partial charge in [0.05, 0.1) is 16.9 Å². The van der Waals surface area contributed by atoms with Crippen molar-refractivity contribution < 1.29 is 14.7 Å². The molecule has 1 amide bonds. The normalized spacial score (nSPS) is 10.0. The molecule has 0 saturated carbocycles. The fraction of sp³-hybridized carbons (Fsp3) is 0. The maximum atomic E-state index is 12.0. The molecule has 0 spiro atoms. The molecule has 0 fully saturated rings. The van der Waals surface area contributed by atoms with Gasteiger partial charge in [-0.25, -0.2) is 4.79 Å². The fourth-order valence-electron chi connectivity index (χ4n) is 1.64. The van der Waals surface area contributed by atoms with Crippen LogP contribution >= 0.6 is 0 Å². The van der Waals surface area contributed by atoms with Crippen molar-refractivity contribution in [1.29, 1.82) is 0 Å². The average Bonchev–Trinajstić information content (AvgIpc) is 2.41. The Bertz CT molecular complexity index is 666. The third-order valence-electron chi connectivity index (χ3n) is 2.72. The molecule has 0 heterocycles. The second kappa shape index (κ2) is 5.31. The third kappa shape index (κ3) is 2.86. The van der Waals surface area contributed by atoms with Crippen LogP contribution in [0.15, 0.2) is 42.5 Å². The van der Waals surface area contributed by atoms with E-state index in [4.69, 9.17) is 16.6 Å². The Morgan fingerprint density at radius 2 is 1.55 bits per heavy atom. The summed E-state index contributed by atoms with van der Waals surface area (Å²) in [5.41, 5.74) is 12.9. The van der Waals surface area contributed by atoms with E-state index in [1.165, 1.54) is 18.2 Å². The minimum absolute atomic E-state index is 0.0629. The number of aromatic carboxylic acids is 1. The lowest BCUT2D eigenvalue weighted by Gasteiger charge is -2.09. The average molecular weight is 271 g/mol. The largest absolute Gasteiger partial charge is 0.478 e. The number of nitrogens with one attached hydrogen (secondary N) is 1. The molecule has 0 aromatic heterocycles. The number of amides is 1. The molecule has 0 unspecified atom stereocenters. The van der Waals surface area contributed by atoms with Gasteiger partial charge in [-0.1, -0.05) is 0 Å². The molecule has 0 saturated heterocycles. The van der Waals surface area contributed by atoms with E-state index in [0.29, 0.717) is 16.9 Å². The summed E-state index contributed by atoms with van der Waals surface area (Å²) in [6.07, 6.45) is 0. The van der Waals surface area contributed by atoms with E-state index < -0.39 is 5.97 Å². The van der Waals surface area contributed by atoms with Crippen molar-refractivity contribution in [2.24, 2.45) is 0 Å². The first kappa shape index (κ1) is 13.4. The number of anilines is 3. The van der Waals surface area contributed by atoms with Gasteiger partial charge < -0.3 is 21.9 Å². The van der Waals surface area contributed by atoms with E-state index in [2.05, 4.69) is 5.32 Å². The van der Waals surface area contributed by atoms with Crippen molar-refractivity contribution in [2.75, 3.05) is 16.8 Å². The van der Waals surface area contributed by atoms with Crippen molar-refractivity contribution in [3.63, 3.8) is 0 Å². The Hall–Kier alpha value is -3.02. The molecule has 2 aromatic carbocycles. The topological polar surface area (TPSA) is 118 Å².